The highest BCUT2D eigenvalue weighted by Crippen LogP contribution is 2.32. The van der Waals surface area contributed by atoms with Crippen molar-refractivity contribution < 1.29 is 9.53 Å². The molecule has 29 heavy (non-hydrogen) atoms. The number of benzene rings is 2. The molecule has 0 bridgehead atoms. The highest BCUT2D eigenvalue weighted by molar-refractivity contribution is 9.10. The third-order valence-electron chi connectivity index (χ3n) is 4.37. The summed E-state index contributed by atoms with van der Waals surface area (Å²) in [6, 6.07) is 13.5. The Kier molecular flexibility index (Phi) is 6.87. The standard InChI is InChI=1S/C22H21BrClN3O2/c1-13(2)17-10-18(23)14(3)8-20(17)29-12-21(28)27-25-11-16-9-15-6-4-5-7-19(15)26-22(16)24/h4-11,13H,12H2,1-3H3,(H,27,28). The van der Waals surface area contributed by atoms with Crippen LogP contribution in [-0.2, 0) is 4.79 Å². The van der Waals surface area contributed by atoms with Crippen LogP contribution in [0.25, 0.3) is 10.9 Å². The molecular formula is C22H21BrClN3O2. The van der Waals surface area contributed by atoms with Crippen molar-refractivity contribution in [3.63, 3.8) is 0 Å². The first-order valence-corrected chi connectivity index (χ1v) is 10.3. The second-order valence-corrected chi connectivity index (χ2v) is 8.15. The number of carbonyl (C=O) groups excluding carboxylic acids is 1. The molecule has 3 aromatic rings. The van der Waals surface area contributed by atoms with Crippen molar-refractivity contribution in [3.8, 4) is 5.75 Å². The van der Waals surface area contributed by atoms with Gasteiger partial charge in [-0.3, -0.25) is 4.79 Å². The number of hydrazone groups is 1. The molecule has 1 heterocycles. The predicted molar refractivity (Wildman–Crippen MR) is 121 cm³/mol. The Balaban J connectivity index is 1.64. The van der Waals surface area contributed by atoms with Crippen molar-refractivity contribution in [2.45, 2.75) is 26.7 Å². The molecule has 0 aliphatic carbocycles. The predicted octanol–water partition coefficient (Wildman–Crippen LogP) is 5.61. The molecule has 0 unspecified atom stereocenters. The number of pyridine rings is 1. The number of carbonyl (C=O) groups is 1. The van der Waals surface area contributed by atoms with Gasteiger partial charge in [0.25, 0.3) is 5.91 Å². The third-order valence-corrected chi connectivity index (χ3v) is 5.53. The minimum absolute atomic E-state index is 0.137. The van der Waals surface area contributed by atoms with E-state index in [0.29, 0.717) is 16.5 Å². The Bertz CT molecular complexity index is 1080. The van der Waals surface area contributed by atoms with Crippen molar-refractivity contribution >= 4 is 50.6 Å². The highest BCUT2D eigenvalue weighted by atomic mass is 79.9. The first-order chi connectivity index (χ1) is 13.8. The first kappa shape index (κ1) is 21.3. The monoisotopic (exact) mass is 473 g/mol. The van der Waals surface area contributed by atoms with Crippen molar-refractivity contribution in [2.24, 2.45) is 5.10 Å². The molecule has 0 aliphatic heterocycles. The van der Waals surface area contributed by atoms with Crippen molar-refractivity contribution in [3.05, 3.63) is 68.8 Å². The molecule has 0 saturated heterocycles. The molecule has 0 atom stereocenters. The van der Waals surface area contributed by atoms with Gasteiger partial charge in [0.15, 0.2) is 6.61 Å². The van der Waals surface area contributed by atoms with Crippen molar-refractivity contribution in [1.82, 2.24) is 10.4 Å². The lowest BCUT2D eigenvalue weighted by molar-refractivity contribution is -0.123. The molecule has 0 radical (unpaired) electrons. The molecule has 2 aromatic carbocycles. The van der Waals surface area contributed by atoms with Crippen LogP contribution in [-0.4, -0.2) is 23.7 Å². The van der Waals surface area contributed by atoms with Crippen LogP contribution in [0.3, 0.4) is 0 Å². The van der Waals surface area contributed by atoms with Crippen LogP contribution in [0.2, 0.25) is 5.15 Å². The van der Waals surface area contributed by atoms with Gasteiger partial charge in [0.05, 0.1) is 11.7 Å². The van der Waals surface area contributed by atoms with Crippen molar-refractivity contribution in [2.75, 3.05) is 6.61 Å². The van der Waals surface area contributed by atoms with E-state index in [1.165, 1.54) is 6.21 Å². The summed E-state index contributed by atoms with van der Waals surface area (Å²) in [5.74, 6) is 0.605. The zero-order valence-electron chi connectivity index (χ0n) is 16.4. The molecule has 1 aromatic heterocycles. The Labute approximate surface area is 183 Å². The lowest BCUT2D eigenvalue weighted by Gasteiger charge is -2.15. The number of para-hydroxylation sites is 1. The molecule has 0 spiro atoms. The minimum atomic E-state index is -0.360. The lowest BCUT2D eigenvalue weighted by atomic mass is 10.0. The van der Waals surface area contributed by atoms with Crippen molar-refractivity contribution in [1.29, 1.82) is 0 Å². The molecule has 0 fully saturated rings. The fourth-order valence-corrected chi connectivity index (χ4v) is 3.35. The Hall–Kier alpha value is -2.44. The molecule has 150 valence electrons. The Morgan fingerprint density at radius 1 is 1.31 bits per heavy atom. The Morgan fingerprint density at radius 3 is 2.83 bits per heavy atom. The molecule has 3 rings (SSSR count). The number of hydrogen-bond acceptors (Lipinski definition) is 4. The normalized spacial score (nSPS) is 11.4. The van der Waals surface area contributed by atoms with E-state index in [9.17, 15) is 4.79 Å². The molecule has 1 N–H and O–H groups in total. The van der Waals surface area contributed by atoms with E-state index >= 15 is 0 Å². The minimum Gasteiger partial charge on any atom is -0.483 e. The molecule has 0 saturated carbocycles. The fraction of sp³-hybridized carbons (Fsp3) is 0.227. The largest absolute Gasteiger partial charge is 0.483 e. The van der Waals surface area contributed by atoms with E-state index in [1.54, 1.807) is 0 Å². The number of nitrogens with zero attached hydrogens (tertiary/aromatic N) is 2. The van der Waals surface area contributed by atoms with Gasteiger partial charge in [-0.25, -0.2) is 10.4 Å². The number of aryl methyl sites for hydroxylation is 1. The number of rotatable bonds is 6. The number of nitrogens with one attached hydrogen (secondary N) is 1. The number of aromatic nitrogens is 1. The van der Waals surface area contributed by atoms with Gasteiger partial charge in [0, 0.05) is 15.4 Å². The van der Waals surface area contributed by atoms with Gasteiger partial charge in [-0.05, 0) is 48.2 Å². The number of ether oxygens (including phenoxy) is 1. The second-order valence-electron chi connectivity index (χ2n) is 6.94. The van der Waals surface area contributed by atoms with Crippen LogP contribution >= 0.6 is 27.5 Å². The van der Waals surface area contributed by atoms with E-state index in [-0.39, 0.29) is 18.4 Å². The molecule has 0 aliphatic rings. The van der Waals surface area contributed by atoms with Gasteiger partial charge in [-0.2, -0.15) is 5.10 Å². The molecule has 7 heteroatoms. The zero-order chi connectivity index (χ0) is 21.0. The summed E-state index contributed by atoms with van der Waals surface area (Å²) in [7, 11) is 0. The SMILES string of the molecule is Cc1cc(OCC(=O)NN=Cc2cc3ccccc3nc2Cl)c(C(C)C)cc1Br. The highest BCUT2D eigenvalue weighted by Gasteiger charge is 2.12. The summed E-state index contributed by atoms with van der Waals surface area (Å²) >= 11 is 9.73. The van der Waals surface area contributed by atoms with Crippen LogP contribution in [0.1, 0.15) is 36.5 Å². The number of hydrogen-bond donors (Lipinski definition) is 1. The zero-order valence-corrected chi connectivity index (χ0v) is 18.7. The van der Waals surface area contributed by atoms with E-state index in [4.69, 9.17) is 16.3 Å². The van der Waals surface area contributed by atoms with E-state index < -0.39 is 0 Å². The number of halogens is 2. The van der Waals surface area contributed by atoms with E-state index in [1.807, 2.05) is 49.4 Å². The van der Waals surface area contributed by atoms with Crippen LogP contribution in [0.5, 0.6) is 5.75 Å². The summed E-state index contributed by atoms with van der Waals surface area (Å²) in [5.41, 5.74) is 5.97. The molecule has 5 nitrogen and oxygen atoms in total. The second kappa shape index (κ2) is 9.37. The summed E-state index contributed by atoms with van der Waals surface area (Å²) in [4.78, 5) is 16.5. The fourth-order valence-electron chi connectivity index (χ4n) is 2.80. The van der Waals surface area contributed by atoms with Gasteiger partial charge in [0.2, 0.25) is 0 Å². The van der Waals surface area contributed by atoms with E-state index in [2.05, 4.69) is 45.3 Å². The van der Waals surface area contributed by atoms with Gasteiger partial charge >= 0.3 is 0 Å². The summed E-state index contributed by atoms with van der Waals surface area (Å²) < 4.78 is 6.75. The maximum absolute atomic E-state index is 12.1. The maximum Gasteiger partial charge on any atom is 0.277 e. The van der Waals surface area contributed by atoms with Crippen LogP contribution in [0, 0.1) is 6.92 Å². The topological polar surface area (TPSA) is 63.6 Å². The van der Waals surface area contributed by atoms with Crippen LogP contribution < -0.4 is 10.2 Å². The van der Waals surface area contributed by atoms with Gasteiger partial charge < -0.3 is 4.74 Å². The van der Waals surface area contributed by atoms with Gasteiger partial charge in [0.1, 0.15) is 10.9 Å². The van der Waals surface area contributed by atoms with Gasteiger partial charge in [-0.15, -0.1) is 0 Å². The third kappa shape index (κ3) is 5.34. The summed E-state index contributed by atoms with van der Waals surface area (Å²) in [5, 5.41) is 5.24. The average molecular weight is 475 g/mol. The van der Waals surface area contributed by atoms with Crippen LogP contribution in [0.4, 0.5) is 0 Å². The summed E-state index contributed by atoms with van der Waals surface area (Å²) in [6.45, 7) is 6.00. The van der Waals surface area contributed by atoms with Crippen LogP contribution in [0.15, 0.2) is 52.0 Å². The Morgan fingerprint density at radius 2 is 2.07 bits per heavy atom. The lowest BCUT2D eigenvalue weighted by Crippen LogP contribution is -2.25. The maximum atomic E-state index is 12.1. The number of amides is 1. The summed E-state index contributed by atoms with van der Waals surface area (Å²) in [6.07, 6.45) is 1.48. The molecular weight excluding hydrogens is 454 g/mol. The smallest absolute Gasteiger partial charge is 0.277 e. The first-order valence-electron chi connectivity index (χ1n) is 9.15. The van der Waals surface area contributed by atoms with E-state index in [0.717, 1.165) is 26.5 Å². The average Bonchev–Trinajstić information content (AvgIpc) is 2.68. The molecule has 1 amide bonds. The quantitative estimate of drug-likeness (QED) is 0.287. The van der Waals surface area contributed by atoms with Gasteiger partial charge in [-0.1, -0.05) is 59.6 Å². The number of fused-ring (bicyclic) bond motifs is 1.